The summed E-state index contributed by atoms with van der Waals surface area (Å²) in [6.45, 7) is 5.69. The summed E-state index contributed by atoms with van der Waals surface area (Å²) in [6, 6.07) is 5.84. The van der Waals surface area contributed by atoms with Crippen molar-refractivity contribution >= 4 is 10.9 Å². The van der Waals surface area contributed by atoms with Crippen LogP contribution < -0.4 is 19.8 Å². The van der Waals surface area contributed by atoms with Crippen molar-refractivity contribution in [1.82, 2.24) is 4.57 Å². The molecule has 5 heteroatoms. The van der Waals surface area contributed by atoms with Crippen LogP contribution in [-0.2, 0) is 6.54 Å². The second kappa shape index (κ2) is 11.6. The van der Waals surface area contributed by atoms with Gasteiger partial charge in [0.1, 0.15) is 5.75 Å². The summed E-state index contributed by atoms with van der Waals surface area (Å²) in [5.74, 6) is 1.53. The van der Waals surface area contributed by atoms with Crippen molar-refractivity contribution < 1.29 is 14.2 Å². The highest BCUT2D eigenvalue weighted by Gasteiger charge is 2.18. The quantitative estimate of drug-likeness (QED) is 0.421. The summed E-state index contributed by atoms with van der Waals surface area (Å²) < 4.78 is 18.6. The molecule has 1 heterocycles. The third-order valence-electron chi connectivity index (χ3n) is 5.06. The Morgan fingerprint density at radius 2 is 1.54 bits per heavy atom. The molecule has 0 unspecified atom stereocenters. The molecule has 0 fully saturated rings. The van der Waals surface area contributed by atoms with E-state index in [0.29, 0.717) is 18.9 Å². The maximum absolute atomic E-state index is 12.9. The molecule has 2 aromatic rings. The lowest BCUT2D eigenvalue weighted by atomic mass is 10.1. The van der Waals surface area contributed by atoms with Crippen molar-refractivity contribution in [3.8, 4) is 17.2 Å². The zero-order valence-corrected chi connectivity index (χ0v) is 17.9. The maximum atomic E-state index is 12.9. The van der Waals surface area contributed by atoms with E-state index in [-0.39, 0.29) is 11.3 Å². The number of methoxy groups -OCH3 is 2. The summed E-state index contributed by atoms with van der Waals surface area (Å²) in [7, 11) is 3.07. The first-order valence-corrected chi connectivity index (χ1v) is 10.6. The van der Waals surface area contributed by atoms with Crippen LogP contribution in [0.4, 0.5) is 0 Å². The van der Waals surface area contributed by atoms with E-state index in [1.54, 1.807) is 11.7 Å². The lowest BCUT2D eigenvalue weighted by molar-refractivity contribution is 0.304. The summed E-state index contributed by atoms with van der Waals surface area (Å²) in [5.41, 5.74) is 0.671. The van der Waals surface area contributed by atoms with Crippen LogP contribution in [0.15, 0.2) is 23.0 Å². The first-order valence-electron chi connectivity index (χ1n) is 10.6. The van der Waals surface area contributed by atoms with Gasteiger partial charge in [-0.25, -0.2) is 0 Å². The van der Waals surface area contributed by atoms with Gasteiger partial charge >= 0.3 is 0 Å². The number of unbranched alkanes of at least 4 members (excludes halogenated alkanes) is 6. The Bertz CT molecular complexity index is 797. The number of aromatic nitrogens is 1. The fourth-order valence-electron chi connectivity index (χ4n) is 3.46. The minimum absolute atomic E-state index is 0.159. The van der Waals surface area contributed by atoms with Gasteiger partial charge in [0.05, 0.1) is 26.3 Å². The third-order valence-corrected chi connectivity index (χ3v) is 5.06. The number of nitrogens with zero attached hydrogens (tertiary/aromatic N) is 1. The monoisotopic (exact) mass is 389 g/mol. The molecule has 0 N–H and O–H groups in total. The third kappa shape index (κ3) is 5.43. The van der Waals surface area contributed by atoms with Gasteiger partial charge < -0.3 is 18.8 Å². The first-order chi connectivity index (χ1) is 13.7. The standard InChI is InChI=1S/C23H35NO4/c1-5-7-9-10-11-12-16-28-18-13-14-19-20(17-18)24(15-8-6-2)23(25)22(27-4)21(19)26-3/h13-14,17H,5-12,15-16H2,1-4H3. The van der Waals surface area contributed by atoms with Gasteiger partial charge in [0, 0.05) is 18.0 Å². The Balaban J connectivity index is 2.23. The minimum Gasteiger partial charge on any atom is -0.494 e. The molecule has 0 radical (unpaired) electrons. The van der Waals surface area contributed by atoms with E-state index >= 15 is 0 Å². The molecule has 0 bridgehead atoms. The highest BCUT2D eigenvalue weighted by molar-refractivity contribution is 5.89. The molecule has 0 saturated heterocycles. The average molecular weight is 390 g/mol. The van der Waals surface area contributed by atoms with Crippen LogP contribution in [-0.4, -0.2) is 25.4 Å². The normalized spacial score (nSPS) is 11.0. The van der Waals surface area contributed by atoms with Gasteiger partial charge in [-0.05, 0) is 25.0 Å². The predicted molar refractivity (Wildman–Crippen MR) is 115 cm³/mol. The van der Waals surface area contributed by atoms with Crippen molar-refractivity contribution in [2.75, 3.05) is 20.8 Å². The van der Waals surface area contributed by atoms with E-state index in [9.17, 15) is 4.79 Å². The molecule has 156 valence electrons. The Morgan fingerprint density at radius 3 is 2.21 bits per heavy atom. The van der Waals surface area contributed by atoms with E-state index in [1.165, 1.54) is 39.2 Å². The number of hydrogen-bond donors (Lipinski definition) is 0. The van der Waals surface area contributed by atoms with E-state index < -0.39 is 0 Å². The van der Waals surface area contributed by atoms with Gasteiger partial charge in [-0.2, -0.15) is 0 Å². The molecule has 0 atom stereocenters. The van der Waals surface area contributed by atoms with Crippen molar-refractivity contribution in [2.24, 2.45) is 0 Å². The summed E-state index contributed by atoms with van der Waals surface area (Å²) in [5, 5.41) is 0.863. The molecule has 0 spiro atoms. The Hall–Kier alpha value is -2.17. The number of hydrogen-bond acceptors (Lipinski definition) is 4. The van der Waals surface area contributed by atoms with E-state index in [0.717, 1.165) is 35.9 Å². The van der Waals surface area contributed by atoms with Crippen LogP contribution in [0.25, 0.3) is 10.9 Å². The fraction of sp³-hybridized carbons (Fsp3) is 0.609. The summed E-state index contributed by atoms with van der Waals surface area (Å²) >= 11 is 0. The molecule has 0 amide bonds. The number of pyridine rings is 1. The first kappa shape index (κ1) is 22.1. The molecule has 5 nitrogen and oxygen atoms in total. The van der Waals surface area contributed by atoms with Gasteiger partial charge in [0.2, 0.25) is 5.75 Å². The summed E-state index contributed by atoms with van der Waals surface area (Å²) in [4.78, 5) is 12.9. The van der Waals surface area contributed by atoms with Crippen LogP contribution >= 0.6 is 0 Å². The Morgan fingerprint density at radius 1 is 0.857 bits per heavy atom. The second-order valence-corrected chi connectivity index (χ2v) is 7.17. The van der Waals surface area contributed by atoms with Gasteiger partial charge in [0.25, 0.3) is 5.56 Å². The summed E-state index contributed by atoms with van der Waals surface area (Å²) in [6.07, 6.45) is 9.33. The number of ether oxygens (including phenoxy) is 3. The molecular formula is C23H35NO4. The zero-order chi connectivity index (χ0) is 20.4. The SMILES string of the molecule is CCCCCCCCOc1ccc2c(OC)c(OC)c(=O)n(CCCC)c2c1. The van der Waals surface area contributed by atoms with Gasteiger partial charge in [-0.15, -0.1) is 0 Å². The van der Waals surface area contributed by atoms with Crippen molar-refractivity contribution in [3.05, 3.63) is 28.6 Å². The number of aryl methyl sites for hydroxylation is 1. The lowest BCUT2D eigenvalue weighted by Gasteiger charge is -2.17. The molecule has 1 aromatic heterocycles. The molecule has 0 saturated carbocycles. The topological polar surface area (TPSA) is 49.7 Å². The van der Waals surface area contributed by atoms with E-state index in [2.05, 4.69) is 13.8 Å². The van der Waals surface area contributed by atoms with E-state index in [4.69, 9.17) is 14.2 Å². The van der Waals surface area contributed by atoms with Crippen LogP contribution in [0.2, 0.25) is 0 Å². The minimum atomic E-state index is -0.159. The zero-order valence-electron chi connectivity index (χ0n) is 17.9. The van der Waals surface area contributed by atoms with Gasteiger partial charge in [-0.3, -0.25) is 4.79 Å². The molecule has 1 aromatic carbocycles. The van der Waals surface area contributed by atoms with Gasteiger partial charge in [-0.1, -0.05) is 52.4 Å². The smallest absolute Gasteiger partial charge is 0.297 e. The predicted octanol–water partition coefficient (Wildman–Crippen LogP) is 5.56. The molecule has 0 aliphatic carbocycles. The van der Waals surface area contributed by atoms with Crippen molar-refractivity contribution in [2.45, 2.75) is 71.8 Å². The van der Waals surface area contributed by atoms with Gasteiger partial charge in [0.15, 0.2) is 5.75 Å². The molecular weight excluding hydrogens is 354 g/mol. The molecule has 2 rings (SSSR count). The van der Waals surface area contributed by atoms with E-state index in [1.807, 2.05) is 18.2 Å². The fourth-order valence-corrected chi connectivity index (χ4v) is 3.46. The van der Waals surface area contributed by atoms with Crippen LogP contribution in [0.1, 0.15) is 65.2 Å². The molecule has 0 aliphatic rings. The maximum Gasteiger partial charge on any atom is 0.297 e. The average Bonchev–Trinajstić information content (AvgIpc) is 2.71. The Kier molecular flexibility index (Phi) is 9.18. The molecule has 0 aliphatic heterocycles. The van der Waals surface area contributed by atoms with Crippen LogP contribution in [0.3, 0.4) is 0 Å². The van der Waals surface area contributed by atoms with Crippen molar-refractivity contribution in [1.29, 1.82) is 0 Å². The largest absolute Gasteiger partial charge is 0.494 e. The Labute approximate surface area is 168 Å². The van der Waals surface area contributed by atoms with Crippen molar-refractivity contribution in [3.63, 3.8) is 0 Å². The number of rotatable bonds is 13. The second-order valence-electron chi connectivity index (χ2n) is 7.17. The highest BCUT2D eigenvalue weighted by Crippen LogP contribution is 2.34. The number of benzene rings is 1. The molecule has 28 heavy (non-hydrogen) atoms. The lowest BCUT2D eigenvalue weighted by Crippen LogP contribution is -2.23. The van der Waals surface area contributed by atoms with Crippen LogP contribution in [0, 0.1) is 0 Å². The number of fused-ring (bicyclic) bond motifs is 1. The highest BCUT2D eigenvalue weighted by atomic mass is 16.5. The van der Waals surface area contributed by atoms with Crippen LogP contribution in [0.5, 0.6) is 17.2 Å².